The van der Waals surface area contributed by atoms with Crippen LogP contribution in [0.15, 0.2) is 18.2 Å². The maximum atomic E-state index is 15.2. The van der Waals surface area contributed by atoms with Crippen LogP contribution in [0.1, 0.15) is 50.4 Å². The number of amides is 1. The van der Waals surface area contributed by atoms with Crippen molar-refractivity contribution in [1.82, 2.24) is 10.2 Å². The molecule has 0 bridgehead atoms. The van der Waals surface area contributed by atoms with Crippen LogP contribution in [0, 0.1) is 5.41 Å². The number of benzene rings is 1. The Hall–Kier alpha value is -1.89. The van der Waals surface area contributed by atoms with Crippen LogP contribution in [0.3, 0.4) is 0 Å². The molecular weight excluding hydrogens is 378 g/mol. The van der Waals surface area contributed by atoms with Crippen LogP contribution in [0.25, 0.3) is 0 Å². The number of likely N-dealkylation sites (tertiary alicyclic amines) is 1. The van der Waals surface area contributed by atoms with E-state index in [1.807, 2.05) is 0 Å². The molecule has 0 atom stereocenters. The van der Waals surface area contributed by atoms with Crippen molar-refractivity contribution < 1.29 is 23.0 Å². The van der Waals surface area contributed by atoms with Gasteiger partial charge in [0.05, 0.1) is 13.7 Å². The minimum Gasteiger partial charge on any atom is -0.497 e. The lowest BCUT2D eigenvalue weighted by atomic mass is 9.90. The molecule has 1 N–H and O–H groups in total. The molecule has 0 spiro atoms. The van der Waals surface area contributed by atoms with Crippen LogP contribution < -0.4 is 14.8 Å². The van der Waals surface area contributed by atoms with E-state index in [-0.39, 0.29) is 18.6 Å². The zero-order valence-electron chi connectivity index (χ0n) is 18.0. The standard InChI is InChI=1S/C22H34F2N2O3/c1-21(2,3)5-9-26-10-6-22(24,7-11-26)16-25-20(27)17-13-18(28-4)15-19(14-17)29-12-8-23/h13-15H,5-12,16H2,1-4H3,(H,25,27). The summed E-state index contributed by atoms with van der Waals surface area (Å²) in [7, 11) is 1.47. The molecule has 164 valence electrons. The summed E-state index contributed by atoms with van der Waals surface area (Å²) in [5.41, 5.74) is -0.841. The molecular formula is C22H34F2N2O3. The molecule has 5 nitrogen and oxygen atoms in total. The number of nitrogens with one attached hydrogen (secondary N) is 1. The monoisotopic (exact) mass is 412 g/mol. The number of alkyl halides is 2. The molecule has 1 aliphatic heterocycles. The van der Waals surface area contributed by atoms with Crippen LogP contribution in [-0.4, -0.2) is 63.0 Å². The quantitative estimate of drug-likeness (QED) is 0.666. The minimum absolute atomic E-state index is 0.0309. The smallest absolute Gasteiger partial charge is 0.251 e. The number of nitrogens with zero attached hydrogens (tertiary/aromatic N) is 1. The Morgan fingerprint density at radius 3 is 2.45 bits per heavy atom. The van der Waals surface area contributed by atoms with Crippen molar-refractivity contribution in [1.29, 1.82) is 0 Å². The van der Waals surface area contributed by atoms with Gasteiger partial charge in [-0.05, 0) is 43.4 Å². The Morgan fingerprint density at radius 2 is 1.86 bits per heavy atom. The predicted octanol–water partition coefficient (Wildman–Crippen LogP) is 4.01. The molecule has 1 amide bonds. The van der Waals surface area contributed by atoms with Gasteiger partial charge in [0.2, 0.25) is 0 Å². The lowest BCUT2D eigenvalue weighted by Crippen LogP contribution is -2.48. The van der Waals surface area contributed by atoms with E-state index in [1.165, 1.54) is 13.2 Å². The molecule has 29 heavy (non-hydrogen) atoms. The first-order valence-corrected chi connectivity index (χ1v) is 10.2. The highest BCUT2D eigenvalue weighted by molar-refractivity contribution is 5.95. The van der Waals surface area contributed by atoms with E-state index in [0.717, 1.165) is 13.0 Å². The molecule has 0 aromatic heterocycles. The Kier molecular flexibility index (Phi) is 8.25. The minimum atomic E-state index is -1.40. The molecule has 7 heteroatoms. The third kappa shape index (κ3) is 7.80. The number of ether oxygens (including phenoxy) is 2. The molecule has 0 radical (unpaired) electrons. The summed E-state index contributed by atoms with van der Waals surface area (Å²) in [5.74, 6) is 0.365. The molecule has 1 saturated heterocycles. The van der Waals surface area contributed by atoms with Gasteiger partial charge in [-0.1, -0.05) is 20.8 Å². The number of carbonyl (C=O) groups excluding carboxylic acids is 1. The second-order valence-electron chi connectivity index (χ2n) is 8.92. The van der Waals surface area contributed by atoms with E-state index in [0.29, 0.717) is 43.0 Å². The van der Waals surface area contributed by atoms with Crippen LogP contribution in [-0.2, 0) is 0 Å². The van der Waals surface area contributed by atoms with Gasteiger partial charge in [0.1, 0.15) is 30.4 Å². The number of piperidine rings is 1. The van der Waals surface area contributed by atoms with Crippen LogP contribution in [0.5, 0.6) is 11.5 Å². The average molecular weight is 413 g/mol. The van der Waals surface area contributed by atoms with E-state index < -0.39 is 18.3 Å². The van der Waals surface area contributed by atoms with Crippen molar-refractivity contribution in [3.05, 3.63) is 23.8 Å². The second kappa shape index (κ2) is 10.2. The van der Waals surface area contributed by atoms with E-state index in [2.05, 4.69) is 31.0 Å². The summed E-state index contributed by atoms with van der Waals surface area (Å²) in [6, 6.07) is 4.64. The molecule has 1 aliphatic rings. The highest BCUT2D eigenvalue weighted by Crippen LogP contribution is 2.28. The first-order chi connectivity index (χ1) is 13.6. The van der Waals surface area contributed by atoms with Gasteiger partial charge in [-0.15, -0.1) is 0 Å². The first kappa shape index (κ1) is 23.4. The van der Waals surface area contributed by atoms with Crippen molar-refractivity contribution in [2.45, 2.75) is 45.7 Å². The number of hydrogen-bond donors (Lipinski definition) is 1. The van der Waals surface area contributed by atoms with Gasteiger partial charge in [0.25, 0.3) is 5.91 Å². The molecule has 1 aromatic carbocycles. The summed E-state index contributed by atoms with van der Waals surface area (Å²) in [6.07, 6.45) is 1.88. The first-order valence-electron chi connectivity index (χ1n) is 10.2. The third-order valence-corrected chi connectivity index (χ3v) is 5.22. The Balaban J connectivity index is 1.88. The fourth-order valence-corrected chi connectivity index (χ4v) is 3.25. The fourth-order valence-electron chi connectivity index (χ4n) is 3.25. The summed E-state index contributed by atoms with van der Waals surface area (Å²) >= 11 is 0. The van der Waals surface area contributed by atoms with E-state index in [9.17, 15) is 9.18 Å². The van der Waals surface area contributed by atoms with Crippen molar-refractivity contribution in [3.63, 3.8) is 0 Å². The number of rotatable bonds is 9. The Morgan fingerprint density at radius 1 is 1.21 bits per heavy atom. The maximum absolute atomic E-state index is 15.2. The highest BCUT2D eigenvalue weighted by Gasteiger charge is 2.35. The fraction of sp³-hybridized carbons (Fsp3) is 0.682. The van der Waals surface area contributed by atoms with E-state index in [1.54, 1.807) is 12.1 Å². The number of carbonyl (C=O) groups is 1. The molecule has 2 rings (SSSR count). The van der Waals surface area contributed by atoms with Gasteiger partial charge in [-0.3, -0.25) is 4.79 Å². The van der Waals surface area contributed by atoms with Crippen LogP contribution >= 0.6 is 0 Å². The maximum Gasteiger partial charge on any atom is 0.251 e. The van der Waals surface area contributed by atoms with Crippen molar-refractivity contribution >= 4 is 5.91 Å². The number of halogens is 2. The average Bonchev–Trinajstić information content (AvgIpc) is 2.69. The number of methoxy groups -OCH3 is 1. The van der Waals surface area contributed by atoms with Gasteiger partial charge in [0.15, 0.2) is 0 Å². The molecule has 1 aromatic rings. The van der Waals surface area contributed by atoms with Crippen molar-refractivity contribution in [3.8, 4) is 11.5 Å². The molecule has 0 unspecified atom stereocenters. The zero-order valence-corrected chi connectivity index (χ0v) is 18.0. The highest BCUT2D eigenvalue weighted by atomic mass is 19.1. The summed E-state index contributed by atoms with van der Waals surface area (Å²) in [5, 5.41) is 2.70. The molecule has 1 heterocycles. The van der Waals surface area contributed by atoms with Gasteiger partial charge in [-0.25, -0.2) is 8.78 Å². The molecule has 1 fully saturated rings. The van der Waals surface area contributed by atoms with Gasteiger partial charge >= 0.3 is 0 Å². The van der Waals surface area contributed by atoms with Crippen LogP contribution in [0.2, 0.25) is 0 Å². The number of hydrogen-bond acceptors (Lipinski definition) is 4. The topological polar surface area (TPSA) is 50.8 Å². The summed E-state index contributed by atoms with van der Waals surface area (Å²) in [6.45, 7) is 8.22. The van der Waals surface area contributed by atoms with Crippen molar-refractivity contribution in [2.75, 3.05) is 46.6 Å². The predicted molar refractivity (Wildman–Crippen MR) is 110 cm³/mol. The third-order valence-electron chi connectivity index (χ3n) is 5.22. The van der Waals surface area contributed by atoms with E-state index >= 15 is 4.39 Å². The lowest BCUT2D eigenvalue weighted by Gasteiger charge is -2.37. The summed E-state index contributed by atoms with van der Waals surface area (Å²) in [4.78, 5) is 14.8. The van der Waals surface area contributed by atoms with Crippen LogP contribution in [0.4, 0.5) is 8.78 Å². The zero-order chi connectivity index (χ0) is 21.5. The lowest BCUT2D eigenvalue weighted by molar-refractivity contribution is 0.0508. The van der Waals surface area contributed by atoms with Gasteiger partial charge in [-0.2, -0.15) is 0 Å². The molecule has 0 saturated carbocycles. The van der Waals surface area contributed by atoms with Gasteiger partial charge in [0, 0.05) is 24.7 Å². The van der Waals surface area contributed by atoms with Crippen molar-refractivity contribution in [2.24, 2.45) is 5.41 Å². The van der Waals surface area contributed by atoms with E-state index in [4.69, 9.17) is 9.47 Å². The van der Waals surface area contributed by atoms with Gasteiger partial charge < -0.3 is 19.7 Å². The second-order valence-corrected chi connectivity index (χ2v) is 8.92. The summed E-state index contributed by atoms with van der Waals surface area (Å²) < 4.78 is 37.9. The normalized spacial score (nSPS) is 17.0. The Bertz CT molecular complexity index is 669. The SMILES string of the molecule is COc1cc(OCCF)cc(C(=O)NCC2(F)CCN(CCC(C)(C)C)CC2)c1. The Labute approximate surface area is 172 Å². The molecule has 0 aliphatic carbocycles. The largest absolute Gasteiger partial charge is 0.497 e.